The third kappa shape index (κ3) is 3.21. The number of ether oxygens (including phenoxy) is 3. The zero-order valence-corrected chi connectivity index (χ0v) is 18.8. The minimum Gasteiger partial charge on any atom is -0.449 e. The Morgan fingerprint density at radius 3 is 1.22 bits per heavy atom. The molecule has 0 bridgehead atoms. The molecule has 3 N–H and O–H groups in total. The Kier molecular flexibility index (Phi) is 4.71. The van der Waals surface area contributed by atoms with Crippen molar-refractivity contribution in [2.24, 2.45) is 0 Å². The molecule has 0 aliphatic heterocycles. The average Bonchev–Trinajstić information content (AvgIpc) is 3.29. The van der Waals surface area contributed by atoms with Crippen molar-refractivity contribution in [3.8, 4) is 39.5 Å². The number of hydrogen-bond acceptors (Lipinski definition) is 6. The summed E-state index contributed by atoms with van der Waals surface area (Å²) >= 11 is 0. The lowest BCUT2D eigenvalue weighted by atomic mass is 9.70. The first-order valence-corrected chi connectivity index (χ1v) is 11.0. The summed E-state index contributed by atoms with van der Waals surface area (Å²) in [7, 11) is 0. The van der Waals surface area contributed by atoms with Gasteiger partial charge in [0.15, 0.2) is 0 Å². The quantitative estimate of drug-likeness (QED) is 0.193. The Morgan fingerprint density at radius 2 is 0.838 bits per heavy atom. The first-order chi connectivity index (χ1) is 17.8. The first kappa shape index (κ1) is 22.2. The summed E-state index contributed by atoms with van der Waals surface area (Å²) in [5, 5.41) is 27.7. The second-order valence-electron chi connectivity index (χ2n) is 8.52. The third-order valence-corrected chi connectivity index (χ3v) is 6.71. The number of rotatable bonds is 3. The van der Waals surface area contributed by atoms with E-state index >= 15 is 0 Å². The van der Waals surface area contributed by atoms with Crippen molar-refractivity contribution >= 4 is 18.5 Å². The molecule has 0 heterocycles. The van der Waals surface area contributed by atoms with Crippen LogP contribution >= 0.6 is 0 Å². The molecule has 0 unspecified atom stereocenters. The number of carbonyl (C=O) groups is 3. The van der Waals surface area contributed by atoms with E-state index in [1.165, 1.54) is 0 Å². The van der Waals surface area contributed by atoms with Crippen LogP contribution in [0.5, 0.6) is 17.2 Å². The van der Waals surface area contributed by atoms with Crippen LogP contribution in [0, 0.1) is 0 Å². The number of fused-ring (bicyclic) bond motifs is 10. The van der Waals surface area contributed by atoms with Crippen LogP contribution in [0.25, 0.3) is 22.3 Å². The van der Waals surface area contributed by atoms with Gasteiger partial charge in [-0.2, -0.15) is 0 Å². The molecule has 0 saturated heterocycles. The standard InChI is InChI=1S/C28H16O9/c29-25(30)35-14-5-8-18-17-3-1-2-4-21(17)28(22(18)11-14)23-12-15(36-26(31)32)6-9-19(23)20-10-7-16(13-24(20)28)37-27(33)34/h1-13H,(H,29,30)(H,31,32)(H,33,34). The molecule has 4 aromatic rings. The van der Waals surface area contributed by atoms with E-state index in [0.29, 0.717) is 16.7 Å². The maximum absolute atomic E-state index is 11.3. The molecule has 0 amide bonds. The lowest BCUT2D eigenvalue weighted by Crippen LogP contribution is -2.26. The van der Waals surface area contributed by atoms with Crippen molar-refractivity contribution < 1.29 is 43.9 Å². The molecule has 37 heavy (non-hydrogen) atoms. The van der Waals surface area contributed by atoms with E-state index in [1.54, 1.807) is 54.6 Å². The molecule has 4 aromatic carbocycles. The van der Waals surface area contributed by atoms with Crippen LogP contribution in [0.2, 0.25) is 0 Å². The van der Waals surface area contributed by atoms with Crippen molar-refractivity contribution in [1.29, 1.82) is 0 Å². The fraction of sp³-hybridized carbons (Fsp3) is 0.0357. The number of benzene rings is 4. The van der Waals surface area contributed by atoms with Crippen LogP contribution in [-0.2, 0) is 5.41 Å². The highest BCUT2D eigenvalue weighted by atomic mass is 16.7. The van der Waals surface area contributed by atoms with E-state index in [0.717, 1.165) is 27.8 Å². The minimum absolute atomic E-state index is 0.101. The molecule has 9 nitrogen and oxygen atoms in total. The second kappa shape index (κ2) is 7.85. The fourth-order valence-corrected chi connectivity index (χ4v) is 5.61. The predicted octanol–water partition coefficient (Wildman–Crippen LogP) is 6.20. The van der Waals surface area contributed by atoms with Gasteiger partial charge in [0.2, 0.25) is 0 Å². The topological polar surface area (TPSA) is 140 Å². The second-order valence-corrected chi connectivity index (χ2v) is 8.52. The number of carboxylic acid groups (broad SMARTS) is 3. The van der Waals surface area contributed by atoms with E-state index in [-0.39, 0.29) is 17.2 Å². The van der Waals surface area contributed by atoms with Crippen LogP contribution in [0.4, 0.5) is 14.4 Å². The van der Waals surface area contributed by atoms with Gasteiger partial charge < -0.3 is 29.5 Å². The highest BCUT2D eigenvalue weighted by Gasteiger charge is 2.52. The van der Waals surface area contributed by atoms with E-state index in [9.17, 15) is 29.7 Å². The molecule has 0 fully saturated rings. The van der Waals surface area contributed by atoms with Crippen LogP contribution in [0.3, 0.4) is 0 Å². The van der Waals surface area contributed by atoms with Crippen molar-refractivity contribution in [2.75, 3.05) is 0 Å². The van der Waals surface area contributed by atoms with Gasteiger partial charge in [-0.1, -0.05) is 42.5 Å². The van der Waals surface area contributed by atoms with Crippen LogP contribution in [0.15, 0.2) is 78.9 Å². The lowest BCUT2D eigenvalue weighted by molar-refractivity contribution is 0.143. The van der Waals surface area contributed by atoms with Crippen molar-refractivity contribution in [1.82, 2.24) is 0 Å². The molecule has 9 heteroatoms. The summed E-state index contributed by atoms with van der Waals surface area (Å²) in [6, 6.07) is 22.5. The SMILES string of the molecule is O=C(O)Oc1ccc2c(c1)C1(c3ccccc3-2)c2cc(OC(=O)O)ccc2-c2ccc(OC(=O)O)cc21. The third-order valence-electron chi connectivity index (χ3n) is 6.71. The Hall–Kier alpha value is -5.31. The van der Waals surface area contributed by atoms with Gasteiger partial charge >= 0.3 is 18.5 Å². The van der Waals surface area contributed by atoms with Gasteiger partial charge in [0.1, 0.15) is 17.2 Å². The van der Waals surface area contributed by atoms with Crippen LogP contribution < -0.4 is 14.2 Å². The van der Waals surface area contributed by atoms with Gasteiger partial charge in [-0.3, -0.25) is 0 Å². The predicted molar refractivity (Wildman–Crippen MR) is 129 cm³/mol. The van der Waals surface area contributed by atoms with Crippen molar-refractivity contribution in [3.05, 3.63) is 101 Å². The van der Waals surface area contributed by atoms with Crippen molar-refractivity contribution in [3.63, 3.8) is 0 Å². The fourth-order valence-electron chi connectivity index (χ4n) is 5.61. The molecule has 0 atom stereocenters. The molecule has 0 aromatic heterocycles. The molecular formula is C28H16O9. The highest BCUT2D eigenvalue weighted by Crippen LogP contribution is 2.63. The first-order valence-electron chi connectivity index (χ1n) is 11.0. The van der Waals surface area contributed by atoms with Gasteiger partial charge in [0, 0.05) is 0 Å². The van der Waals surface area contributed by atoms with Gasteiger partial charge in [-0.15, -0.1) is 0 Å². The Balaban J connectivity index is 1.73. The summed E-state index contributed by atoms with van der Waals surface area (Å²) in [6.45, 7) is 0. The summed E-state index contributed by atoms with van der Waals surface area (Å²) in [5.41, 5.74) is 5.10. The molecule has 0 saturated carbocycles. The molecule has 0 radical (unpaired) electrons. The average molecular weight is 496 g/mol. The largest absolute Gasteiger partial charge is 0.511 e. The van der Waals surface area contributed by atoms with Crippen molar-refractivity contribution in [2.45, 2.75) is 5.41 Å². The monoisotopic (exact) mass is 496 g/mol. The zero-order valence-electron chi connectivity index (χ0n) is 18.8. The normalized spacial score (nSPS) is 13.2. The summed E-state index contributed by atoms with van der Waals surface area (Å²) in [6.07, 6.45) is -4.40. The molecule has 2 aliphatic carbocycles. The Bertz CT molecular complexity index is 1550. The molecule has 6 rings (SSSR count). The van der Waals surface area contributed by atoms with Gasteiger partial charge in [-0.25, -0.2) is 14.4 Å². The summed E-state index contributed by atoms with van der Waals surface area (Å²) in [5.74, 6) is 0.304. The molecular weight excluding hydrogens is 480 g/mol. The zero-order chi connectivity index (χ0) is 25.9. The van der Waals surface area contributed by atoms with Gasteiger partial charge in [0.05, 0.1) is 5.41 Å². The van der Waals surface area contributed by atoms with E-state index in [4.69, 9.17) is 14.2 Å². The van der Waals surface area contributed by atoms with Crippen LogP contribution in [-0.4, -0.2) is 33.8 Å². The molecule has 1 spiro atoms. The highest BCUT2D eigenvalue weighted by molar-refractivity contribution is 5.96. The van der Waals surface area contributed by atoms with Gasteiger partial charge in [0.25, 0.3) is 0 Å². The minimum atomic E-state index is -1.47. The van der Waals surface area contributed by atoms with E-state index < -0.39 is 23.9 Å². The van der Waals surface area contributed by atoms with E-state index in [2.05, 4.69) is 0 Å². The lowest BCUT2D eigenvalue weighted by Gasteiger charge is -2.30. The van der Waals surface area contributed by atoms with Gasteiger partial charge in [-0.05, 0) is 80.9 Å². The smallest absolute Gasteiger partial charge is 0.449 e. The summed E-state index contributed by atoms with van der Waals surface area (Å²) in [4.78, 5) is 34.0. The number of hydrogen-bond donors (Lipinski definition) is 3. The Morgan fingerprint density at radius 1 is 0.486 bits per heavy atom. The summed E-state index contributed by atoms with van der Waals surface area (Å²) < 4.78 is 14.9. The molecule has 182 valence electrons. The maximum atomic E-state index is 11.3. The molecule has 2 aliphatic rings. The van der Waals surface area contributed by atoms with Crippen LogP contribution in [0.1, 0.15) is 22.3 Å². The Labute approximate surface area is 208 Å². The maximum Gasteiger partial charge on any atom is 0.511 e. The van der Waals surface area contributed by atoms with E-state index in [1.807, 2.05) is 24.3 Å².